The van der Waals surface area contributed by atoms with E-state index in [0.29, 0.717) is 6.54 Å². The van der Waals surface area contributed by atoms with E-state index >= 15 is 0 Å². The van der Waals surface area contributed by atoms with E-state index in [1.165, 1.54) is 5.56 Å². The molecule has 1 aromatic rings. The molecule has 5 nitrogen and oxygen atoms in total. The molecule has 0 aromatic heterocycles. The molecule has 140 valence electrons. The summed E-state index contributed by atoms with van der Waals surface area (Å²) >= 11 is 0. The minimum Gasteiger partial charge on any atom is -0.351 e. The van der Waals surface area contributed by atoms with Crippen molar-refractivity contribution in [2.45, 2.75) is 26.1 Å². The fraction of sp³-hybridized carbons (Fsp3) is 0.562. The number of nitrogens with one attached hydrogen (secondary N) is 1. The summed E-state index contributed by atoms with van der Waals surface area (Å²) in [5, 5.41) is 2.82. The standard InChI is InChI=1S/C16H26N4O.3ClH/c1-13(17)16(21)18-11-14-3-5-15(6-4-14)12-20-9-7-19(2)8-10-20;;;/h3-6,13H,7-12,17H2,1-2H3,(H,18,21);3*1H/t13-;;;/m1.../s1. The van der Waals surface area contributed by atoms with Crippen molar-refractivity contribution in [3.63, 3.8) is 0 Å². The van der Waals surface area contributed by atoms with E-state index in [0.717, 1.165) is 38.3 Å². The van der Waals surface area contributed by atoms with Gasteiger partial charge in [-0.05, 0) is 25.1 Å². The summed E-state index contributed by atoms with van der Waals surface area (Å²) in [5.74, 6) is -0.114. The Morgan fingerprint density at radius 2 is 1.58 bits per heavy atom. The molecule has 1 heterocycles. The van der Waals surface area contributed by atoms with Crippen LogP contribution < -0.4 is 11.1 Å². The van der Waals surface area contributed by atoms with Crippen molar-refractivity contribution in [1.29, 1.82) is 0 Å². The van der Waals surface area contributed by atoms with Crippen LogP contribution in [0.4, 0.5) is 0 Å². The number of hydrogen-bond acceptors (Lipinski definition) is 4. The molecule has 1 aliphatic heterocycles. The lowest BCUT2D eigenvalue weighted by Gasteiger charge is -2.32. The summed E-state index contributed by atoms with van der Waals surface area (Å²) in [6.07, 6.45) is 0. The quantitative estimate of drug-likeness (QED) is 0.790. The van der Waals surface area contributed by atoms with Crippen LogP contribution in [0, 0.1) is 0 Å². The number of nitrogens with two attached hydrogens (primary N) is 1. The molecule has 2 rings (SSSR count). The number of halogens is 3. The van der Waals surface area contributed by atoms with E-state index in [1.807, 2.05) is 0 Å². The monoisotopic (exact) mass is 398 g/mol. The lowest BCUT2D eigenvalue weighted by atomic mass is 10.1. The second kappa shape index (κ2) is 12.8. The molecule has 1 saturated heterocycles. The lowest BCUT2D eigenvalue weighted by molar-refractivity contribution is -0.122. The van der Waals surface area contributed by atoms with Gasteiger partial charge in [-0.1, -0.05) is 24.3 Å². The molecule has 0 radical (unpaired) electrons. The van der Waals surface area contributed by atoms with Crippen molar-refractivity contribution in [3.8, 4) is 0 Å². The summed E-state index contributed by atoms with van der Waals surface area (Å²) in [6.45, 7) is 7.76. The third-order valence-electron chi connectivity index (χ3n) is 3.91. The predicted octanol–water partition coefficient (Wildman–Crippen LogP) is 1.66. The molecule has 1 atom stereocenters. The van der Waals surface area contributed by atoms with Gasteiger partial charge >= 0.3 is 0 Å². The van der Waals surface area contributed by atoms with Gasteiger partial charge < -0.3 is 16.0 Å². The van der Waals surface area contributed by atoms with Crippen molar-refractivity contribution in [1.82, 2.24) is 15.1 Å². The second-order valence-electron chi connectivity index (χ2n) is 5.90. The van der Waals surface area contributed by atoms with Crippen LogP contribution in [0.3, 0.4) is 0 Å². The normalized spacial score (nSPS) is 16.1. The van der Waals surface area contributed by atoms with Gasteiger partial charge in [-0.2, -0.15) is 0 Å². The van der Waals surface area contributed by atoms with E-state index in [9.17, 15) is 4.79 Å². The van der Waals surface area contributed by atoms with Gasteiger partial charge in [-0.15, -0.1) is 37.2 Å². The highest BCUT2D eigenvalue weighted by Gasteiger charge is 2.13. The Labute approximate surface area is 163 Å². The molecule has 1 aromatic carbocycles. The summed E-state index contributed by atoms with van der Waals surface area (Å²) in [6, 6.07) is 7.98. The zero-order valence-corrected chi connectivity index (χ0v) is 16.7. The minimum atomic E-state index is -0.457. The Kier molecular flexibility index (Phi) is 13.6. The minimum absolute atomic E-state index is 0. The van der Waals surface area contributed by atoms with Gasteiger partial charge in [0.25, 0.3) is 0 Å². The van der Waals surface area contributed by atoms with E-state index in [4.69, 9.17) is 5.73 Å². The molecule has 0 spiro atoms. The average molecular weight is 400 g/mol. The summed E-state index contributed by atoms with van der Waals surface area (Å²) in [7, 11) is 2.17. The van der Waals surface area contributed by atoms with Gasteiger partial charge in [-0.3, -0.25) is 9.69 Å². The first-order valence-electron chi connectivity index (χ1n) is 7.56. The van der Waals surface area contributed by atoms with Crippen LogP contribution in [0.25, 0.3) is 0 Å². The number of likely N-dealkylation sites (N-methyl/N-ethyl adjacent to an activating group) is 1. The van der Waals surface area contributed by atoms with Gasteiger partial charge in [0.15, 0.2) is 0 Å². The molecule has 8 heteroatoms. The number of piperazine rings is 1. The third kappa shape index (κ3) is 8.51. The number of amides is 1. The molecular weight excluding hydrogens is 371 g/mol. The lowest BCUT2D eigenvalue weighted by Crippen LogP contribution is -2.43. The molecule has 0 unspecified atom stereocenters. The van der Waals surface area contributed by atoms with Crippen LogP contribution in [-0.4, -0.2) is 55.0 Å². The van der Waals surface area contributed by atoms with Crippen molar-refractivity contribution >= 4 is 43.1 Å². The molecule has 3 N–H and O–H groups in total. The van der Waals surface area contributed by atoms with Crippen LogP contribution in [0.15, 0.2) is 24.3 Å². The predicted molar refractivity (Wildman–Crippen MR) is 106 cm³/mol. The van der Waals surface area contributed by atoms with Gasteiger partial charge in [-0.25, -0.2) is 0 Å². The number of hydrogen-bond donors (Lipinski definition) is 2. The number of rotatable bonds is 5. The van der Waals surface area contributed by atoms with E-state index < -0.39 is 6.04 Å². The van der Waals surface area contributed by atoms with E-state index in [2.05, 4.69) is 46.4 Å². The Morgan fingerprint density at radius 3 is 2.08 bits per heavy atom. The summed E-state index contributed by atoms with van der Waals surface area (Å²) in [5.41, 5.74) is 7.94. The molecule has 0 aliphatic carbocycles. The summed E-state index contributed by atoms with van der Waals surface area (Å²) < 4.78 is 0. The Morgan fingerprint density at radius 1 is 1.08 bits per heavy atom. The molecular formula is C16H29Cl3N4O. The van der Waals surface area contributed by atoms with E-state index in [1.54, 1.807) is 6.92 Å². The van der Waals surface area contributed by atoms with Gasteiger partial charge in [0.05, 0.1) is 6.04 Å². The fourth-order valence-electron chi connectivity index (χ4n) is 2.38. The van der Waals surface area contributed by atoms with Gasteiger partial charge in [0.1, 0.15) is 0 Å². The molecule has 1 aliphatic rings. The molecule has 0 bridgehead atoms. The molecule has 1 fully saturated rings. The molecule has 24 heavy (non-hydrogen) atoms. The molecule has 1 amide bonds. The van der Waals surface area contributed by atoms with Crippen molar-refractivity contribution < 1.29 is 4.79 Å². The number of benzene rings is 1. The largest absolute Gasteiger partial charge is 0.351 e. The first-order valence-corrected chi connectivity index (χ1v) is 7.56. The van der Waals surface area contributed by atoms with Crippen LogP contribution in [-0.2, 0) is 17.9 Å². The second-order valence-corrected chi connectivity index (χ2v) is 5.90. The van der Waals surface area contributed by atoms with Crippen molar-refractivity contribution in [3.05, 3.63) is 35.4 Å². The zero-order valence-electron chi connectivity index (χ0n) is 14.2. The fourth-order valence-corrected chi connectivity index (χ4v) is 2.38. The zero-order chi connectivity index (χ0) is 15.2. The Balaban J connectivity index is 0. The van der Waals surface area contributed by atoms with Crippen LogP contribution >= 0.6 is 37.2 Å². The van der Waals surface area contributed by atoms with Crippen LogP contribution in [0.5, 0.6) is 0 Å². The maximum atomic E-state index is 11.4. The van der Waals surface area contributed by atoms with E-state index in [-0.39, 0.29) is 43.1 Å². The highest BCUT2D eigenvalue weighted by Crippen LogP contribution is 2.09. The Bertz CT molecular complexity index is 463. The van der Waals surface area contributed by atoms with Gasteiger partial charge in [0, 0.05) is 39.3 Å². The molecule has 0 saturated carbocycles. The number of nitrogens with zero attached hydrogens (tertiary/aromatic N) is 2. The SMILES string of the molecule is C[C@@H](N)C(=O)NCc1ccc(CN2CCN(C)CC2)cc1.Cl.Cl.Cl. The first-order chi connectivity index (χ1) is 10.0. The number of carbonyl (C=O) groups excluding carboxylic acids is 1. The van der Waals surface area contributed by atoms with Gasteiger partial charge in [0.2, 0.25) is 5.91 Å². The first kappa shape index (κ1) is 25.7. The third-order valence-corrected chi connectivity index (χ3v) is 3.91. The van der Waals surface area contributed by atoms with Crippen LogP contribution in [0.2, 0.25) is 0 Å². The van der Waals surface area contributed by atoms with Crippen molar-refractivity contribution in [2.75, 3.05) is 33.2 Å². The number of carbonyl (C=O) groups is 1. The maximum Gasteiger partial charge on any atom is 0.236 e. The smallest absolute Gasteiger partial charge is 0.236 e. The highest BCUT2D eigenvalue weighted by molar-refractivity contribution is 5.86. The topological polar surface area (TPSA) is 61.6 Å². The summed E-state index contributed by atoms with van der Waals surface area (Å²) in [4.78, 5) is 16.3. The van der Waals surface area contributed by atoms with Crippen LogP contribution in [0.1, 0.15) is 18.1 Å². The Hall–Kier alpha value is -0.560. The maximum absolute atomic E-state index is 11.4. The highest BCUT2D eigenvalue weighted by atomic mass is 35.5. The average Bonchev–Trinajstić information content (AvgIpc) is 2.48. The van der Waals surface area contributed by atoms with Crippen molar-refractivity contribution in [2.24, 2.45) is 5.73 Å².